The first-order valence-corrected chi connectivity index (χ1v) is 37.2. The molecule has 2 aliphatic rings. The summed E-state index contributed by atoms with van der Waals surface area (Å²) in [7, 11) is -5.96. The van der Waals surface area contributed by atoms with E-state index in [4.69, 9.17) is 32.7 Å². The lowest BCUT2D eigenvalue weighted by atomic mass is 10.0. The summed E-state index contributed by atoms with van der Waals surface area (Å²) >= 11 is 0. The molecule has 0 radical (unpaired) electrons. The van der Waals surface area contributed by atoms with Gasteiger partial charge < -0.3 is 43.4 Å². The van der Waals surface area contributed by atoms with E-state index in [-0.39, 0.29) is 18.2 Å². The quantitative estimate of drug-likeness (QED) is 0.0367. The Morgan fingerprint density at radius 1 is 0.650 bits per heavy atom. The number of aromatic nitrogens is 8. The number of hydrogen-bond donors (Lipinski definition) is 3. The Balaban J connectivity index is 0.000000195. The predicted octanol–water partition coefficient (Wildman–Crippen LogP) is 12.6. The lowest BCUT2D eigenvalue weighted by molar-refractivity contribution is 0.0902. The van der Waals surface area contributed by atoms with Gasteiger partial charge in [-0.3, -0.25) is 4.18 Å². The first-order valence-electron chi connectivity index (χ1n) is 27.9. The van der Waals surface area contributed by atoms with Crippen LogP contribution in [-0.4, -0.2) is 113 Å². The average molecular weight is 1150 g/mol. The minimum absolute atomic E-state index is 0.00993. The van der Waals surface area contributed by atoms with Crippen LogP contribution in [0.2, 0.25) is 51.4 Å². The van der Waals surface area contributed by atoms with E-state index >= 15 is 0 Å². The van der Waals surface area contributed by atoms with Crippen molar-refractivity contribution in [2.75, 3.05) is 30.1 Å². The lowest BCUT2D eigenvalue weighted by Gasteiger charge is -2.20. The minimum Gasteiger partial charge on any atom is -0.391 e. The van der Waals surface area contributed by atoms with Gasteiger partial charge in [0.05, 0.1) is 64.4 Å². The van der Waals surface area contributed by atoms with E-state index in [2.05, 4.69) is 128 Å². The van der Waals surface area contributed by atoms with Crippen LogP contribution in [0.3, 0.4) is 0 Å². The van der Waals surface area contributed by atoms with Crippen molar-refractivity contribution in [1.29, 1.82) is 0 Å². The van der Waals surface area contributed by atoms with Crippen molar-refractivity contribution in [3.05, 3.63) is 95.2 Å². The second-order valence-corrected chi connectivity index (χ2v) is 37.1. The van der Waals surface area contributed by atoms with Gasteiger partial charge in [0.25, 0.3) is 10.1 Å². The van der Waals surface area contributed by atoms with Crippen molar-refractivity contribution in [3.8, 4) is 44.8 Å². The van der Waals surface area contributed by atoms with Crippen LogP contribution >= 0.6 is 0 Å². The molecule has 3 N–H and O–H groups in total. The van der Waals surface area contributed by atoms with E-state index in [1.807, 2.05) is 47.7 Å². The number of ether oxygens (including phenoxy) is 2. The van der Waals surface area contributed by atoms with Gasteiger partial charge in [0.15, 0.2) is 0 Å². The van der Waals surface area contributed by atoms with Gasteiger partial charge in [-0.15, -0.1) is 0 Å². The van der Waals surface area contributed by atoms with Gasteiger partial charge in [0, 0.05) is 87.2 Å². The van der Waals surface area contributed by atoms with Gasteiger partial charge in [-0.2, -0.15) is 8.42 Å². The van der Waals surface area contributed by atoms with Crippen molar-refractivity contribution >= 4 is 60.0 Å². The van der Waals surface area contributed by atoms with Crippen LogP contribution in [0.1, 0.15) is 72.6 Å². The normalized spacial score (nSPS) is 17.9. The third-order valence-corrected chi connectivity index (χ3v) is 19.2. The lowest BCUT2D eigenvalue weighted by Crippen LogP contribution is -2.33. The van der Waals surface area contributed by atoms with E-state index in [0.717, 1.165) is 158 Å². The Morgan fingerprint density at radius 2 is 1.10 bits per heavy atom. The molecule has 428 valence electrons. The number of aryl methyl sites for hydroxylation is 6. The largest absolute Gasteiger partial charge is 0.391 e. The minimum atomic E-state index is -3.56. The first kappa shape index (κ1) is 58.6. The molecule has 0 saturated heterocycles. The summed E-state index contributed by atoms with van der Waals surface area (Å²) in [6, 6.07) is 14.9. The number of nitrogens with zero attached hydrogens (tertiary/aromatic N) is 8. The molecule has 6 aromatic heterocycles. The average Bonchev–Trinajstić information content (AvgIpc) is 4.43. The van der Waals surface area contributed by atoms with E-state index < -0.39 is 32.4 Å². The summed E-state index contributed by atoms with van der Waals surface area (Å²) in [6.07, 6.45) is 13.3. The number of fused-ring (bicyclic) bond motifs is 2. The zero-order chi connectivity index (χ0) is 57.3. The molecular formula is C59H80N10O8SSi2. The number of rotatable bonds is 20. The molecule has 2 fully saturated rings. The molecular weight excluding hydrogens is 1060 g/mol. The molecule has 2 aromatic carbocycles. The molecule has 0 amide bonds. The Morgan fingerprint density at radius 3 is 1.51 bits per heavy atom. The fourth-order valence-electron chi connectivity index (χ4n) is 10.8. The molecule has 2 aliphatic carbocycles. The Hall–Kier alpha value is -6.08. The van der Waals surface area contributed by atoms with Gasteiger partial charge >= 0.3 is 0 Å². The van der Waals surface area contributed by atoms with E-state index in [9.17, 15) is 13.5 Å². The maximum Gasteiger partial charge on any atom is 0.264 e. The molecule has 0 bridgehead atoms. The summed E-state index contributed by atoms with van der Waals surface area (Å²) in [5.41, 5.74) is 13.6. The predicted molar refractivity (Wildman–Crippen MR) is 322 cm³/mol. The topological polar surface area (TPSA) is 220 Å². The zero-order valence-electron chi connectivity index (χ0n) is 48.9. The molecule has 2 saturated carbocycles. The second-order valence-electron chi connectivity index (χ2n) is 24.3. The van der Waals surface area contributed by atoms with Gasteiger partial charge in [-0.05, 0) is 127 Å². The smallest absolute Gasteiger partial charge is 0.264 e. The highest BCUT2D eigenvalue weighted by Crippen LogP contribution is 2.39. The van der Waals surface area contributed by atoms with Gasteiger partial charge in [0.1, 0.15) is 25.0 Å². The fraction of sp³-hybridized carbons (Fsp3) is 0.492. The maximum absolute atomic E-state index is 11.8. The molecule has 0 unspecified atom stereocenters. The van der Waals surface area contributed by atoms with Gasteiger partial charge in [-0.1, -0.05) is 73.9 Å². The number of anilines is 2. The van der Waals surface area contributed by atoms with E-state index in [1.165, 1.54) is 0 Å². The summed E-state index contributed by atoms with van der Waals surface area (Å²) in [5.74, 6) is 2.59. The second kappa shape index (κ2) is 24.2. The number of hydrogen-bond acceptors (Lipinski definition) is 16. The van der Waals surface area contributed by atoms with Crippen LogP contribution < -0.4 is 10.6 Å². The molecule has 8 aromatic rings. The Labute approximate surface area is 472 Å². The summed E-state index contributed by atoms with van der Waals surface area (Å²) in [5, 5.41) is 27.4. The van der Waals surface area contributed by atoms with E-state index in [0.29, 0.717) is 38.4 Å². The number of benzene rings is 2. The van der Waals surface area contributed by atoms with Crippen molar-refractivity contribution < 1.29 is 36.2 Å². The highest BCUT2D eigenvalue weighted by atomic mass is 32.2. The Bertz CT molecular complexity index is 3560. The third kappa shape index (κ3) is 14.0. The SMILES string of the molecule is Cc1cnc(N[C@H]2CCC[C@H]2O)nc1-c1cn(COCC[Si](C)(C)C)c2cc(-c3c(C)noc3C)ccc12.Cc1cnc(N[C@H]2CCC[C@H]2OS(C)(=O)=O)nc1-c1cn(COCC[Si](C)(C)C)c2cc(-c3c(C)noc3C)ccc12. The van der Waals surface area contributed by atoms with Crippen molar-refractivity contribution in [3.63, 3.8) is 0 Å². The van der Waals surface area contributed by atoms with Crippen molar-refractivity contribution in [1.82, 2.24) is 39.4 Å². The fourth-order valence-corrected chi connectivity index (χ4v) is 13.0. The molecule has 0 spiro atoms. The highest BCUT2D eigenvalue weighted by molar-refractivity contribution is 7.86. The van der Waals surface area contributed by atoms with Gasteiger partial charge in [-0.25, -0.2) is 19.9 Å². The monoisotopic (exact) mass is 1140 g/mol. The molecule has 18 nitrogen and oxygen atoms in total. The third-order valence-electron chi connectivity index (χ3n) is 15.2. The number of aliphatic hydroxyl groups is 1. The molecule has 21 heteroatoms. The zero-order valence-corrected chi connectivity index (χ0v) is 51.7. The van der Waals surface area contributed by atoms with Crippen LogP contribution in [0, 0.1) is 41.5 Å². The van der Waals surface area contributed by atoms with E-state index in [1.54, 1.807) is 6.20 Å². The molecule has 10 rings (SSSR count). The first-order chi connectivity index (χ1) is 37.9. The molecule has 6 heterocycles. The van der Waals surface area contributed by atoms with Crippen LogP contribution in [0.4, 0.5) is 11.9 Å². The van der Waals surface area contributed by atoms with Crippen LogP contribution in [0.5, 0.6) is 0 Å². The molecule has 0 aliphatic heterocycles. The number of aliphatic hydroxyl groups excluding tert-OH is 1. The Kier molecular flexibility index (Phi) is 17.7. The van der Waals surface area contributed by atoms with Gasteiger partial charge in [0.2, 0.25) is 11.9 Å². The highest BCUT2D eigenvalue weighted by Gasteiger charge is 2.32. The summed E-state index contributed by atoms with van der Waals surface area (Å²) in [4.78, 5) is 18.9. The number of nitrogens with one attached hydrogen (secondary N) is 2. The van der Waals surface area contributed by atoms with Crippen molar-refractivity contribution in [2.24, 2.45) is 0 Å². The van der Waals surface area contributed by atoms with Crippen molar-refractivity contribution in [2.45, 2.75) is 169 Å². The molecule has 4 atom stereocenters. The maximum atomic E-state index is 11.8. The summed E-state index contributed by atoms with van der Waals surface area (Å²) < 4.78 is 56.5. The standard InChI is InChI=1S/C30H41N5O5SSi.C29H39N5O3Si/c1-19-16-31-30(32-25-9-8-10-27(25)40-41(4,36)37)33-29(19)24-17-35(18-38-13-14-42(5,6)7)26-15-22(11-12-23(24)26)28-20(2)34-39-21(28)3;1-18-15-30-29(31-24-8-7-9-26(24)35)32-28(18)23-16-34(17-36-12-13-38(4,5)6)25-14-21(10-11-22(23)25)27-19(2)33-37-20(27)3/h11-12,15-17,25,27H,8-10,13-14,18H2,1-7H3,(H,31,32,33);10-11,14-16,24,26,35H,7-9,12-13,17H2,1-6H3,(H,30,31,32)/t25-,27+;24-,26+/m00/s1. The molecule has 80 heavy (non-hydrogen) atoms. The summed E-state index contributed by atoms with van der Waals surface area (Å²) in [6.45, 7) is 28.3. The van der Waals surface area contributed by atoms with Crippen LogP contribution in [-0.2, 0) is 37.2 Å². The van der Waals surface area contributed by atoms with Crippen LogP contribution in [0.15, 0.2) is 70.2 Å². The van der Waals surface area contributed by atoms with Crippen LogP contribution in [0.25, 0.3) is 66.6 Å².